The molecule has 3 aromatic rings. The van der Waals surface area contributed by atoms with Gasteiger partial charge in [0.1, 0.15) is 22.7 Å². The number of fused-ring (bicyclic) bond motifs is 1. The molecule has 0 radical (unpaired) electrons. The van der Waals surface area contributed by atoms with Crippen molar-refractivity contribution in [3.63, 3.8) is 0 Å². The van der Waals surface area contributed by atoms with E-state index in [2.05, 4.69) is 10.3 Å². The number of hydrogen-bond acceptors (Lipinski definition) is 5. The Balaban J connectivity index is 1.71. The highest BCUT2D eigenvalue weighted by molar-refractivity contribution is 6.07. The van der Waals surface area contributed by atoms with Crippen molar-refractivity contribution in [3.8, 4) is 0 Å². The summed E-state index contributed by atoms with van der Waals surface area (Å²) in [5.41, 5.74) is 0.815. The third-order valence-corrected chi connectivity index (χ3v) is 5.11. The van der Waals surface area contributed by atoms with Crippen molar-refractivity contribution in [1.82, 2.24) is 19.6 Å². The molecule has 3 aromatic heterocycles. The summed E-state index contributed by atoms with van der Waals surface area (Å²) >= 11 is 0. The summed E-state index contributed by atoms with van der Waals surface area (Å²) in [6.45, 7) is 6.95. The maximum absolute atomic E-state index is 13.1. The molecule has 3 amide bonds. The number of furan rings is 1. The lowest BCUT2D eigenvalue weighted by Crippen LogP contribution is -2.41. The summed E-state index contributed by atoms with van der Waals surface area (Å²) in [5.74, 6) is 0.829. The standard InChI is InChI=1S/C20H20N4O4/c1-11-6-5-7-23-16(25)9-14(21-17(11)23)10-24-18(26)20(4,22-19(24)27)15-8-12(2)28-13(15)3/h5-9H,10H2,1-4H3,(H,22,27). The third kappa shape index (κ3) is 2.60. The molecule has 1 unspecified atom stereocenters. The molecule has 0 bridgehead atoms. The number of amides is 3. The minimum atomic E-state index is -1.22. The van der Waals surface area contributed by atoms with Crippen LogP contribution in [0.25, 0.3) is 5.65 Å². The van der Waals surface area contributed by atoms with Crippen molar-refractivity contribution in [1.29, 1.82) is 0 Å². The molecule has 0 aliphatic carbocycles. The molecule has 1 atom stereocenters. The largest absolute Gasteiger partial charge is 0.466 e. The van der Waals surface area contributed by atoms with Crippen LogP contribution in [-0.4, -0.2) is 26.2 Å². The van der Waals surface area contributed by atoms with Crippen LogP contribution in [0.4, 0.5) is 4.79 Å². The van der Waals surface area contributed by atoms with Crippen LogP contribution >= 0.6 is 0 Å². The fourth-order valence-corrected chi connectivity index (χ4v) is 3.70. The highest BCUT2D eigenvalue weighted by Crippen LogP contribution is 2.33. The molecule has 4 rings (SSSR count). The summed E-state index contributed by atoms with van der Waals surface area (Å²) in [7, 11) is 0. The first-order valence-corrected chi connectivity index (χ1v) is 8.90. The van der Waals surface area contributed by atoms with E-state index >= 15 is 0 Å². The van der Waals surface area contributed by atoms with Gasteiger partial charge in [0, 0.05) is 17.8 Å². The first-order valence-electron chi connectivity index (χ1n) is 8.90. The van der Waals surface area contributed by atoms with Crippen molar-refractivity contribution < 1.29 is 14.0 Å². The molecule has 1 aliphatic rings. The van der Waals surface area contributed by atoms with Crippen LogP contribution < -0.4 is 10.9 Å². The molecule has 1 aliphatic heterocycles. The van der Waals surface area contributed by atoms with Crippen LogP contribution in [0.5, 0.6) is 0 Å². The van der Waals surface area contributed by atoms with E-state index in [1.54, 1.807) is 39.1 Å². The second-order valence-electron chi connectivity index (χ2n) is 7.24. The lowest BCUT2D eigenvalue weighted by atomic mass is 9.92. The SMILES string of the molecule is Cc1cc(C2(C)NC(=O)N(Cc3cc(=O)n4cccc(C)c4n3)C2=O)c(C)o1. The quantitative estimate of drug-likeness (QED) is 0.703. The summed E-state index contributed by atoms with van der Waals surface area (Å²) < 4.78 is 6.96. The van der Waals surface area contributed by atoms with E-state index in [9.17, 15) is 14.4 Å². The Hall–Kier alpha value is -3.42. The Bertz CT molecular complexity index is 1190. The van der Waals surface area contributed by atoms with Crippen LogP contribution in [0.2, 0.25) is 0 Å². The smallest absolute Gasteiger partial charge is 0.325 e. The maximum atomic E-state index is 13.1. The van der Waals surface area contributed by atoms with Crippen molar-refractivity contribution in [2.24, 2.45) is 0 Å². The van der Waals surface area contributed by atoms with Crippen LogP contribution in [0.1, 0.15) is 35.3 Å². The van der Waals surface area contributed by atoms with E-state index in [-0.39, 0.29) is 12.1 Å². The molecule has 1 fully saturated rings. The van der Waals surface area contributed by atoms with Crippen molar-refractivity contribution in [2.75, 3.05) is 0 Å². The number of imide groups is 1. The minimum absolute atomic E-state index is 0.0871. The molecule has 4 heterocycles. The van der Waals surface area contributed by atoms with Gasteiger partial charge in [0.15, 0.2) is 0 Å². The van der Waals surface area contributed by atoms with Crippen LogP contribution in [-0.2, 0) is 16.9 Å². The summed E-state index contributed by atoms with van der Waals surface area (Å²) in [4.78, 5) is 43.6. The van der Waals surface area contributed by atoms with Gasteiger partial charge in [-0.1, -0.05) is 6.07 Å². The van der Waals surface area contributed by atoms with Crippen molar-refractivity contribution in [2.45, 2.75) is 39.8 Å². The van der Waals surface area contributed by atoms with E-state index in [0.717, 1.165) is 10.5 Å². The maximum Gasteiger partial charge on any atom is 0.325 e. The van der Waals surface area contributed by atoms with E-state index in [4.69, 9.17) is 4.42 Å². The number of pyridine rings is 1. The summed E-state index contributed by atoms with van der Waals surface area (Å²) in [6.07, 6.45) is 1.64. The number of carbonyl (C=O) groups excluding carboxylic acids is 2. The van der Waals surface area contributed by atoms with E-state index in [1.807, 2.05) is 13.0 Å². The monoisotopic (exact) mass is 380 g/mol. The fourth-order valence-electron chi connectivity index (χ4n) is 3.70. The van der Waals surface area contributed by atoms with Gasteiger partial charge in [-0.2, -0.15) is 0 Å². The molecular formula is C20H20N4O4. The summed E-state index contributed by atoms with van der Waals surface area (Å²) in [5, 5.41) is 2.75. The Labute approximate surface area is 160 Å². The topological polar surface area (TPSA) is 96.9 Å². The number of urea groups is 1. The van der Waals surface area contributed by atoms with E-state index in [1.165, 1.54) is 10.5 Å². The van der Waals surface area contributed by atoms with E-state index < -0.39 is 17.5 Å². The number of hydrogen-bond donors (Lipinski definition) is 1. The molecule has 8 heteroatoms. The Kier molecular flexibility index (Phi) is 3.88. The minimum Gasteiger partial charge on any atom is -0.466 e. The van der Waals surface area contributed by atoms with Gasteiger partial charge in [0.25, 0.3) is 11.5 Å². The molecule has 28 heavy (non-hydrogen) atoms. The van der Waals surface area contributed by atoms with Crippen LogP contribution in [0.15, 0.2) is 39.7 Å². The second kappa shape index (κ2) is 6.05. The van der Waals surface area contributed by atoms with E-state index in [0.29, 0.717) is 28.4 Å². The van der Waals surface area contributed by atoms with Gasteiger partial charge in [0.05, 0.1) is 12.2 Å². The Morgan fingerprint density at radius 2 is 1.93 bits per heavy atom. The fraction of sp³-hybridized carbons (Fsp3) is 0.300. The molecule has 1 saturated heterocycles. The number of aryl methyl sites for hydroxylation is 3. The number of aromatic nitrogens is 2. The zero-order valence-corrected chi connectivity index (χ0v) is 16.1. The van der Waals surface area contributed by atoms with Crippen LogP contribution in [0, 0.1) is 20.8 Å². The van der Waals surface area contributed by atoms with Gasteiger partial charge in [-0.15, -0.1) is 0 Å². The Morgan fingerprint density at radius 1 is 1.18 bits per heavy atom. The molecule has 0 aromatic carbocycles. The molecule has 0 spiro atoms. The first kappa shape index (κ1) is 18.0. The predicted octanol–water partition coefficient (Wildman–Crippen LogP) is 2.18. The number of nitrogens with one attached hydrogen (secondary N) is 1. The van der Waals surface area contributed by atoms with Crippen molar-refractivity contribution >= 4 is 17.6 Å². The van der Waals surface area contributed by atoms with Gasteiger partial charge in [0.2, 0.25) is 0 Å². The molecule has 1 N–H and O–H groups in total. The summed E-state index contributed by atoms with van der Waals surface area (Å²) in [6, 6.07) is 6.18. The lowest BCUT2D eigenvalue weighted by Gasteiger charge is -2.21. The highest BCUT2D eigenvalue weighted by Gasteiger charge is 2.50. The zero-order valence-electron chi connectivity index (χ0n) is 16.1. The molecule has 0 saturated carbocycles. The average molecular weight is 380 g/mol. The normalized spacial score (nSPS) is 19.5. The first-order chi connectivity index (χ1) is 13.2. The highest BCUT2D eigenvalue weighted by atomic mass is 16.3. The van der Waals surface area contributed by atoms with Crippen LogP contribution in [0.3, 0.4) is 0 Å². The number of carbonyl (C=O) groups is 2. The Morgan fingerprint density at radius 3 is 2.61 bits per heavy atom. The van der Waals surface area contributed by atoms with Crippen molar-refractivity contribution in [3.05, 3.63) is 69.2 Å². The van der Waals surface area contributed by atoms with Gasteiger partial charge in [-0.05, 0) is 45.4 Å². The molecular weight excluding hydrogens is 360 g/mol. The van der Waals surface area contributed by atoms with Gasteiger partial charge in [-0.25, -0.2) is 9.78 Å². The number of rotatable bonds is 3. The average Bonchev–Trinajstić information content (AvgIpc) is 3.08. The van der Waals surface area contributed by atoms with Gasteiger partial charge < -0.3 is 9.73 Å². The number of nitrogens with zero attached hydrogens (tertiary/aromatic N) is 3. The van der Waals surface area contributed by atoms with Gasteiger partial charge in [-0.3, -0.25) is 18.9 Å². The zero-order chi connectivity index (χ0) is 20.2. The van der Waals surface area contributed by atoms with Gasteiger partial charge >= 0.3 is 6.03 Å². The molecule has 8 nitrogen and oxygen atoms in total. The molecule has 144 valence electrons. The third-order valence-electron chi connectivity index (χ3n) is 5.11. The second-order valence-corrected chi connectivity index (χ2v) is 7.24. The lowest BCUT2D eigenvalue weighted by molar-refractivity contribution is -0.131. The predicted molar refractivity (Wildman–Crippen MR) is 101 cm³/mol.